The summed E-state index contributed by atoms with van der Waals surface area (Å²) in [4.78, 5) is 22.7. The highest BCUT2D eigenvalue weighted by Crippen LogP contribution is 2.33. The Kier molecular flexibility index (Phi) is 8.29. The first-order valence-electron chi connectivity index (χ1n) is 8.91. The summed E-state index contributed by atoms with van der Waals surface area (Å²) >= 11 is 2.90. The van der Waals surface area contributed by atoms with E-state index in [0.29, 0.717) is 29.3 Å². The number of likely N-dealkylation sites (N-methyl/N-ethyl adjacent to an activating group) is 1. The van der Waals surface area contributed by atoms with Crippen LogP contribution in [0.2, 0.25) is 0 Å². The number of hydrogen-bond donors (Lipinski definition) is 0. The highest BCUT2D eigenvalue weighted by molar-refractivity contribution is 7.98. The van der Waals surface area contributed by atoms with Gasteiger partial charge in [0.25, 0.3) is 5.91 Å². The molecule has 0 saturated carbocycles. The molecule has 3 aromatic rings. The van der Waals surface area contributed by atoms with E-state index in [2.05, 4.69) is 4.98 Å². The second kappa shape index (κ2) is 10.1. The minimum Gasteiger partial charge on any atom is -0.308 e. The number of amides is 1. The number of rotatable bonds is 7. The summed E-state index contributed by atoms with van der Waals surface area (Å²) in [6.07, 6.45) is 3.14. The topological polar surface area (TPSA) is 70.6 Å². The summed E-state index contributed by atoms with van der Waals surface area (Å²) in [7, 11) is 0.464. The molecule has 1 aromatic heterocycles. The zero-order valence-electron chi connectivity index (χ0n) is 17.2. The van der Waals surface area contributed by atoms with Gasteiger partial charge in [0.1, 0.15) is 5.52 Å². The molecule has 30 heavy (non-hydrogen) atoms. The molecular weight excluding hydrogens is 462 g/mol. The molecule has 0 aliphatic heterocycles. The van der Waals surface area contributed by atoms with Crippen molar-refractivity contribution in [3.05, 3.63) is 48.0 Å². The number of para-hydroxylation sites is 1. The molecule has 10 heteroatoms. The number of thioether (sulfide) groups is 1. The van der Waals surface area contributed by atoms with Gasteiger partial charge in [-0.3, -0.25) is 9.69 Å². The molecule has 0 aliphatic carbocycles. The molecule has 6 nitrogen and oxygen atoms in total. The molecule has 1 heterocycles. The third-order valence-corrected chi connectivity index (χ3v) is 7.23. The van der Waals surface area contributed by atoms with Crippen LogP contribution in [0.15, 0.2) is 52.3 Å². The standard InChI is InChI=1S/C20H23N3O3S3.ClH/c1-22(2)11-12-23(19(24)14-7-5-8-15(13-14)27-3)20-21-18-16(28-20)9-6-10-17(18)29(4,25)26;/h5-10,13H,11-12H2,1-4H3;1H. The Morgan fingerprint density at radius 1 is 1.13 bits per heavy atom. The van der Waals surface area contributed by atoms with Gasteiger partial charge in [-0.25, -0.2) is 13.4 Å². The maximum atomic E-state index is 13.3. The van der Waals surface area contributed by atoms with Gasteiger partial charge in [-0.15, -0.1) is 24.2 Å². The van der Waals surface area contributed by atoms with Gasteiger partial charge in [0.05, 0.1) is 9.60 Å². The van der Waals surface area contributed by atoms with Crippen LogP contribution in [0, 0.1) is 0 Å². The second-order valence-corrected chi connectivity index (χ2v) is 10.7. The number of thiazole rings is 1. The van der Waals surface area contributed by atoms with E-state index in [0.717, 1.165) is 9.60 Å². The number of aromatic nitrogens is 1. The van der Waals surface area contributed by atoms with Crippen LogP contribution in [0.25, 0.3) is 10.2 Å². The quantitative estimate of drug-likeness (QED) is 0.470. The predicted molar refractivity (Wildman–Crippen MR) is 128 cm³/mol. The highest BCUT2D eigenvalue weighted by Gasteiger charge is 2.23. The van der Waals surface area contributed by atoms with Gasteiger partial charge in [-0.2, -0.15) is 0 Å². The van der Waals surface area contributed by atoms with E-state index in [-0.39, 0.29) is 23.2 Å². The molecule has 3 rings (SSSR count). The molecule has 0 fully saturated rings. The average molecular weight is 486 g/mol. The summed E-state index contributed by atoms with van der Waals surface area (Å²) < 4.78 is 25.0. The molecule has 0 N–H and O–H groups in total. The predicted octanol–water partition coefficient (Wildman–Crippen LogP) is 4.05. The fraction of sp³-hybridized carbons (Fsp3) is 0.300. The van der Waals surface area contributed by atoms with Crippen LogP contribution in [-0.2, 0) is 9.84 Å². The number of hydrogen-bond acceptors (Lipinski definition) is 7. The minimum atomic E-state index is -3.42. The number of fused-ring (bicyclic) bond motifs is 1. The fourth-order valence-corrected chi connectivity index (χ4v) is 5.20. The van der Waals surface area contributed by atoms with E-state index in [1.54, 1.807) is 34.9 Å². The Hall–Kier alpha value is -1.65. The summed E-state index contributed by atoms with van der Waals surface area (Å²) in [5.41, 5.74) is 0.994. The lowest BCUT2D eigenvalue weighted by Gasteiger charge is -2.22. The molecule has 1 amide bonds. The van der Waals surface area contributed by atoms with Crippen molar-refractivity contribution in [3.63, 3.8) is 0 Å². The Bertz CT molecular complexity index is 1150. The van der Waals surface area contributed by atoms with Crippen molar-refractivity contribution in [3.8, 4) is 0 Å². The number of anilines is 1. The molecule has 162 valence electrons. The minimum absolute atomic E-state index is 0. The lowest BCUT2D eigenvalue weighted by atomic mass is 10.2. The second-order valence-electron chi connectivity index (χ2n) is 6.86. The average Bonchev–Trinajstić information content (AvgIpc) is 3.10. The number of benzene rings is 2. The van der Waals surface area contributed by atoms with Crippen LogP contribution >= 0.6 is 35.5 Å². The van der Waals surface area contributed by atoms with Crippen molar-refractivity contribution in [1.29, 1.82) is 0 Å². The van der Waals surface area contributed by atoms with Gasteiger partial charge in [0.2, 0.25) is 0 Å². The molecule has 0 aliphatic rings. The van der Waals surface area contributed by atoms with Crippen molar-refractivity contribution in [2.45, 2.75) is 9.79 Å². The molecule has 0 bridgehead atoms. The lowest BCUT2D eigenvalue weighted by molar-refractivity contribution is 0.0985. The third kappa shape index (κ3) is 5.53. The molecule has 0 saturated heterocycles. The summed E-state index contributed by atoms with van der Waals surface area (Å²) in [6.45, 7) is 1.10. The lowest BCUT2D eigenvalue weighted by Crippen LogP contribution is -2.36. The maximum Gasteiger partial charge on any atom is 0.260 e. The molecule has 0 radical (unpaired) electrons. The SMILES string of the molecule is CSc1cccc(C(=O)N(CCN(C)C)c2nc3c(S(C)(=O)=O)cccc3s2)c1.Cl. The largest absolute Gasteiger partial charge is 0.308 e. The number of carbonyl (C=O) groups excluding carboxylic acids is 1. The van der Waals surface area contributed by atoms with E-state index in [1.165, 1.54) is 17.6 Å². The first-order valence-corrected chi connectivity index (χ1v) is 12.8. The molecule has 0 unspecified atom stereocenters. The fourth-order valence-electron chi connectivity index (χ4n) is 2.82. The van der Waals surface area contributed by atoms with Gasteiger partial charge in [-0.1, -0.05) is 23.5 Å². The van der Waals surface area contributed by atoms with Crippen molar-refractivity contribution in [2.24, 2.45) is 0 Å². The van der Waals surface area contributed by atoms with Crippen LogP contribution in [-0.4, -0.2) is 63.9 Å². The van der Waals surface area contributed by atoms with E-state index in [9.17, 15) is 13.2 Å². The van der Waals surface area contributed by atoms with Crippen LogP contribution in [0.4, 0.5) is 5.13 Å². The number of sulfone groups is 1. The van der Waals surface area contributed by atoms with Crippen molar-refractivity contribution in [1.82, 2.24) is 9.88 Å². The number of nitrogens with zero attached hydrogens (tertiary/aromatic N) is 3. The Labute approximate surface area is 191 Å². The smallest absolute Gasteiger partial charge is 0.260 e. The maximum absolute atomic E-state index is 13.3. The Balaban J connectivity index is 0.00000320. The van der Waals surface area contributed by atoms with Gasteiger partial charge in [0, 0.05) is 29.8 Å². The molecule has 0 spiro atoms. The molecular formula is C20H24ClN3O3S3. The van der Waals surface area contributed by atoms with Crippen LogP contribution < -0.4 is 4.90 Å². The number of carbonyl (C=O) groups is 1. The highest BCUT2D eigenvalue weighted by atomic mass is 35.5. The van der Waals surface area contributed by atoms with E-state index in [4.69, 9.17) is 0 Å². The zero-order valence-corrected chi connectivity index (χ0v) is 20.4. The molecule has 0 atom stereocenters. The normalized spacial score (nSPS) is 11.5. The van der Waals surface area contributed by atoms with Gasteiger partial charge in [0.15, 0.2) is 15.0 Å². The van der Waals surface area contributed by atoms with Crippen molar-refractivity contribution < 1.29 is 13.2 Å². The van der Waals surface area contributed by atoms with Crippen LogP contribution in [0.5, 0.6) is 0 Å². The Morgan fingerprint density at radius 3 is 2.47 bits per heavy atom. The monoisotopic (exact) mass is 485 g/mol. The van der Waals surface area contributed by atoms with Crippen LogP contribution in [0.3, 0.4) is 0 Å². The zero-order chi connectivity index (χ0) is 21.2. The van der Waals surface area contributed by atoms with E-state index in [1.807, 2.05) is 49.5 Å². The van der Waals surface area contributed by atoms with Gasteiger partial charge in [-0.05, 0) is 50.7 Å². The summed E-state index contributed by atoms with van der Waals surface area (Å²) in [6, 6.07) is 12.6. The number of halogens is 1. The van der Waals surface area contributed by atoms with Gasteiger partial charge < -0.3 is 4.90 Å². The summed E-state index contributed by atoms with van der Waals surface area (Å²) in [5.74, 6) is -0.150. The van der Waals surface area contributed by atoms with E-state index >= 15 is 0 Å². The first kappa shape index (κ1) is 24.6. The van der Waals surface area contributed by atoms with Crippen LogP contribution in [0.1, 0.15) is 10.4 Å². The van der Waals surface area contributed by atoms with Crippen molar-refractivity contribution in [2.75, 3.05) is 44.6 Å². The van der Waals surface area contributed by atoms with Gasteiger partial charge >= 0.3 is 0 Å². The Morgan fingerprint density at radius 2 is 1.83 bits per heavy atom. The summed E-state index contributed by atoms with van der Waals surface area (Å²) in [5, 5.41) is 0.498. The third-order valence-electron chi connectivity index (χ3n) is 4.33. The first-order chi connectivity index (χ1) is 13.7. The van der Waals surface area contributed by atoms with E-state index < -0.39 is 9.84 Å². The van der Waals surface area contributed by atoms with Crippen molar-refractivity contribution >= 4 is 66.6 Å². The molecule has 2 aromatic carbocycles.